The predicted octanol–water partition coefficient (Wildman–Crippen LogP) is 7.06. The number of benzene rings is 1. The monoisotopic (exact) mass is 659 g/mol. The Morgan fingerprint density at radius 3 is 2.49 bits per heavy atom. The summed E-state index contributed by atoms with van der Waals surface area (Å²) in [5, 5.41) is 3.42. The van der Waals surface area contributed by atoms with Crippen LogP contribution in [0.1, 0.15) is 76.6 Å². The van der Waals surface area contributed by atoms with Crippen molar-refractivity contribution in [1.82, 2.24) is 23.9 Å². The number of likely N-dealkylation sites (tertiary alicyclic amines) is 2. The van der Waals surface area contributed by atoms with Crippen LogP contribution in [0, 0.1) is 17.8 Å². The molecule has 2 aliphatic heterocycles. The summed E-state index contributed by atoms with van der Waals surface area (Å²) in [6.45, 7) is 13.8. The van der Waals surface area contributed by atoms with Crippen molar-refractivity contribution in [3.8, 4) is 17.3 Å². The summed E-state index contributed by atoms with van der Waals surface area (Å²) in [7, 11) is 1.69. The van der Waals surface area contributed by atoms with Crippen LogP contribution in [-0.4, -0.2) is 81.2 Å². The number of piperidine rings is 2. The lowest BCUT2D eigenvalue weighted by molar-refractivity contribution is -0.161. The second-order valence-corrected chi connectivity index (χ2v) is 15.9. The van der Waals surface area contributed by atoms with Crippen LogP contribution in [0.25, 0.3) is 32.8 Å². The quantitative estimate of drug-likeness (QED) is 0.179. The molecule has 10 heteroatoms. The highest BCUT2D eigenvalue weighted by molar-refractivity contribution is 7.16. The molecule has 0 bridgehead atoms. The second-order valence-electron chi connectivity index (χ2n) is 15.0. The number of aromatic nitrogens is 3. The highest BCUT2D eigenvalue weighted by atomic mass is 32.1. The molecule has 9 nitrogen and oxygen atoms in total. The average molecular weight is 660 g/mol. The summed E-state index contributed by atoms with van der Waals surface area (Å²) in [6, 6.07) is 8.37. The van der Waals surface area contributed by atoms with Gasteiger partial charge >= 0.3 is 5.97 Å². The first-order valence-corrected chi connectivity index (χ1v) is 18.4. The number of ether oxygens (including phenoxy) is 2. The Kier molecular flexibility index (Phi) is 8.85. The van der Waals surface area contributed by atoms with Crippen LogP contribution in [0.3, 0.4) is 0 Å². The maximum atomic E-state index is 13.8. The maximum absolute atomic E-state index is 13.8. The molecule has 0 radical (unpaired) electrons. The largest absolute Gasteiger partial charge is 0.494 e. The van der Waals surface area contributed by atoms with Crippen molar-refractivity contribution < 1.29 is 19.1 Å². The molecule has 47 heavy (non-hydrogen) atoms. The van der Waals surface area contributed by atoms with Gasteiger partial charge in [-0.2, -0.15) is 0 Å². The first-order chi connectivity index (χ1) is 22.6. The molecule has 3 aliphatic rings. The number of rotatable bonds is 9. The summed E-state index contributed by atoms with van der Waals surface area (Å²) in [5.41, 5.74) is 3.02. The summed E-state index contributed by atoms with van der Waals surface area (Å²) < 4.78 is 16.5. The Morgan fingerprint density at radius 2 is 1.79 bits per heavy atom. The lowest BCUT2D eigenvalue weighted by Crippen LogP contribution is -2.40. The zero-order chi connectivity index (χ0) is 32.9. The Balaban J connectivity index is 1.22. The van der Waals surface area contributed by atoms with E-state index in [1.54, 1.807) is 18.4 Å². The molecule has 0 spiro atoms. The molecule has 1 unspecified atom stereocenters. The minimum atomic E-state index is -0.464. The van der Waals surface area contributed by atoms with E-state index in [2.05, 4.69) is 38.5 Å². The summed E-state index contributed by atoms with van der Waals surface area (Å²) >= 11 is 1.79. The van der Waals surface area contributed by atoms with Gasteiger partial charge in [-0.05, 0) is 114 Å². The Hall–Kier alpha value is -3.37. The second kappa shape index (κ2) is 12.9. The van der Waals surface area contributed by atoms with Crippen LogP contribution in [0.5, 0.6) is 5.75 Å². The normalized spacial score (nSPS) is 19.9. The number of hydrogen-bond donors (Lipinski definition) is 0. The number of hydrogen-bond acceptors (Lipinski definition) is 7. The first-order valence-electron chi connectivity index (χ1n) is 17.5. The van der Waals surface area contributed by atoms with E-state index in [1.165, 1.54) is 23.1 Å². The molecule has 4 aromatic rings. The Bertz CT molecular complexity index is 1770. The Labute approximate surface area is 281 Å². The van der Waals surface area contributed by atoms with Gasteiger partial charge in [0.05, 0.1) is 24.2 Å². The van der Waals surface area contributed by atoms with Gasteiger partial charge in [-0.25, -0.2) is 4.98 Å². The average Bonchev–Trinajstić information content (AvgIpc) is 3.46. The zero-order valence-electron chi connectivity index (χ0n) is 28.6. The number of carbonyl (C=O) groups excluding carboxylic acids is 2. The van der Waals surface area contributed by atoms with E-state index in [-0.39, 0.29) is 17.8 Å². The molecule has 1 saturated carbocycles. The molecule has 5 heterocycles. The van der Waals surface area contributed by atoms with Crippen LogP contribution in [0.2, 0.25) is 0 Å². The lowest BCUT2D eigenvalue weighted by Gasteiger charge is -2.32. The molecule has 1 aliphatic carbocycles. The molecule has 1 aromatic carbocycles. The van der Waals surface area contributed by atoms with E-state index < -0.39 is 5.60 Å². The summed E-state index contributed by atoms with van der Waals surface area (Å²) in [6.07, 6.45) is 6.35. The highest BCUT2D eigenvalue weighted by Gasteiger charge is 2.31. The van der Waals surface area contributed by atoms with Gasteiger partial charge in [0.1, 0.15) is 21.7 Å². The first kappa shape index (κ1) is 32.2. The van der Waals surface area contributed by atoms with Crippen LogP contribution in [-0.2, 0) is 22.6 Å². The number of esters is 1. The molecular weight excluding hydrogens is 611 g/mol. The molecule has 252 valence electrons. The highest BCUT2D eigenvalue weighted by Crippen LogP contribution is 2.40. The zero-order valence-corrected chi connectivity index (χ0v) is 29.4. The van der Waals surface area contributed by atoms with Crippen LogP contribution in [0.15, 0.2) is 29.6 Å². The van der Waals surface area contributed by atoms with Gasteiger partial charge in [0.2, 0.25) is 0 Å². The van der Waals surface area contributed by atoms with E-state index in [0.29, 0.717) is 23.1 Å². The van der Waals surface area contributed by atoms with Crippen LogP contribution in [0.4, 0.5) is 0 Å². The number of amides is 1. The minimum Gasteiger partial charge on any atom is -0.494 e. The third-order valence-corrected chi connectivity index (χ3v) is 11.0. The van der Waals surface area contributed by atoms with E-state index >= 15 is 0 Å². The molecule has 0 N–H and O–H groups in total. The van der Waals surface area contributed by atoms with Crippen molar-refractivity contribution in [3.05, 3.63) is 35.2 Å². The maximum Gasteiger partial charge on any atom is 0.309 e. The van der Waals surface area contributed by atoms with Gasteiger partial charge in [-0.15, -0.1) is 11.3 Å². The number of methoxy groups -OCH3 is 1. The molecule has 1 amide bonds. The van der Waals surface area contributed by atoms with E-state index in [9.17, 15) is 9.59 Å². The lowest BCUT2D eigenvalue weighted by atomic mass is 9.96. The van der Waals surface area contributed by atoms with Crippen LogP contribution < -0.4 is 4.74 Å². The smallest absolute Gasteiger partial charge is 0.309 e. The summed E-state index contributed by atoms with van der Waals surface area (Å²) in [5.74, 6) is 2.74. The molecular formula is C37H49N5O4S. The number of thiophene rings is 1. The molecule has 2 saturated heterocycles. The molecule has 3 fully saturated rings. The number of fused-ring (bicyclic) bond motifs is 2. The van der Waals surface area contributed by atoms with E-state index in [1.807, 2.05) is 37.8 Å². The standard InChI is InChI=1S/C37H49N5O4S/c1-24-7-6-13-40(22-24)34(43)28-19-29-32(31(21-28)45-5)41(17-16-39-14-10-26(11-15-39)36(44)46-37(2,3)4)33(38-29)30-20-27-12-18-47-35(27)42(30)23-25-8-9-25/h12,18-21,24-26H,6-11,13-17,22-23H2,1-5H3. The number of carbonyl (C=O) groups is 2. The predicted molar refractivity (Wildman–Crippen MR) is 187 cm³/mol. The van der Waals surface area contributed by atoms with Gasteiger partial charge in [0.15, 0.2) is 5.82 Å². The van der Waals surface area contributed by atoms with E-state index in [4.69, 9.17) is 14.5 Å². The van der Waals surface area contributed by atoms with Gasteiger partial charge < -0.3 is 28.4 Å². The molecule has 7 rings (SSSR count). The van der Waals surface area contributed by atoms with E-state index in [0.717, 1.165) is 94.0 Å². The van der Waals surface area contributed by atoms with Crippen molar-refractivity contribution in [3.63, 3.8) is 0 Å². The molecule has 1 atom stereocenters. The van der Waals surface area contributed by atoms with Crippen molar-refractivity contribution in [1.29, 1.82) is 0 Å². The van der Waals surface area contributed by atoms with Crippen molar-refractivity contribution in [2.75, 3.05) is 39.8 Å². The fourth-order valence-corrected chi connectivity index (χ4v) is 8.30. The number of imidazole rings is 1. The van der Waals surface area contributed by atoms with Gasteiger partial charge in [0, 0.05) is 43.7 Å². The minimum absolute atomic E-state index is 0.0484. The van der Waals surface area contributed by atoms with Gasteiger partial charge in [-0.1, -0.05) is 6.92 Å². The third kappa shape index (κ3) is 6.81. The fraction of sp³-hybridized carbons (Fsp3) is 0.595. The SMILES string of the molecule is COc1cc(C(=O)N2CCCC(C)C2)cc2nc(-c3cc4ccsc4n3CC3CC3)n(CCN3CCC(C(=O)OC(C)(C)C)CC3)c12. The van der Waals surface area contributed by atoms with Crippen LogP contribution >= 0.6 is 11.3 Å². The van der Waals surface area contributed by atoms with Gasteiger partial charge in [0.25, 0.3) is 5.91 Å². The van der Waals surface area contributed by atoms with Crippen molar-refractivity contribution >= 4 is 44.5 Å². The van der Waals surface area contributed by atoms with Crippen molar-refractivity contribution in [2.24, 2.45) is 17.8 Å². The topological polar surface area (TPSA) is 81.8 Å². The molecule has 3 aromatic heterocycles. The van der Waals surface area contributed by atoms with Gasteiger partial charge in [-0.3, -0.25) is 9.59 Å². The summed E-state index contributed by atoms with van der Waals surface area (Å²) in [4.78, 5) is 37.5. The van der Waals surface area contributed by atoms with Crippen molar-refractivity contribution in [2.45, 2.75) is 84.9 Å². The fourth-order valence-electron chi connectivity index (χ4n) is 7.40. The third-order valence-electron chi connectivity index (χ3n) is 10.1. The Morgan fingerprint density at radius 1 is 1.00 bits per heavy atom. The number of nitrogens with zero attached hydrogens (tertiary/aromatic N) is 5.